The molecular formula is C13H24OS. The molecule has 15 heavy (non-hydrogen) atoms. The number of carbonyl (C=O) groups is 1. The zero-order valence-electron chi connectivity index (χ0n) is 10.1. The number of hydrogen-bond donors (Lipinski definition) is 0. The van der Waals surface area contributed by atoms with E-state index in [1.165, 1.54) is 31.4 Å². The topological polar surface area (TPSA) is 17.1 Å². The second-order valence-corrected chi connectivity index (χ2v) is 5.84. The van der Waals surface area contributed by atoms with Gasteiger partial charge in [-0.3, -0.25) is 4.79 Å². The maximum atomic E-state index is 11.7. The summed E-state index contributed by atoms with van der Waals surface area (Å²) in [6, 6.07) is 0. The highest BCUT2D eigenvalue weighted by atomic mass is 32.2. The van der Waals surface area contributed by atoms with Gasteiger partial charge in [-0.05, 0) is 24.0 Å². The Morgan fingerprint density at radius 3 is 2.87 bits per heavy atom. The molecule has 2 heteroatoms. The molecule has 0 amide bonds. The zero-order chi connectivity index (χ0) is 11.1. The molecular weight excluding hydrogens is 204 g/mol. The van der Waals surface area contributed by atoms with Gasteiger partial charge in [0.1, 0.15) is 5.78 Å². The smallest absolute Gasteiger partial charge is 0.134 e. The largest absolute Gasteiger partial charge is 0.300 e. The standard InChI is InChI=1S/C13H24OS/c1-3-5-11(4-2)12-6-8-15-9-7-13(14)10-12/h11-12H,3-10H2,1-2H3. The van der Waals surface area contributed by atoms with Gasteiger partial charge in [0.2, 0.25) is 0 Å². The van der Waals surface area contributed by atoms with Crippen LogP contribution >= 0.6 is 11.8 Å². The highest BCUT2D eigenvalue weighted by Crippen LogP contribution is 2.30. The van der Waals surface area contributed by atoms with Crippen molar-refractivity contribution >= 4 is 17.5 Å². The van der Waals surface area contributed by atoms with E-state index in [1.807, 2.05) is 11.8 Å². The predicted molar refractivity (Wildman–Crippen MR) is 68.4 cm³/mol. The fourth-order valence-electron chi connectivity index (χ4n) is 2.57. The lowest BCUT2D eigenvalue weighted by Crippen LogP contribution is -2.21. The Labute approximate surface area is 98.4 Å². The number of ketones is 1. The van der Waals surface area contributed by atoms with Crippen LogP contribution < -0.4 is 0 Å². The van der Waals surface area contributed by atoms with Crippen LogP contribution in [0.2, 0.25) is 0 Å². The van der Waals surface area contributed by atoms with Crippen LogP contribution in [0.3, 0.4) is 0 Å². The Morgan fingerprint density at radius 1 is 1.40 bits per heavy atom. The third-order valence-corrected chi connectivity index (χ3v) is 4.52. The summed E-state index contributed by atoms with van der Waals surface area (Å²) in [7, 11) is 0. The maximum Gasteiger partial charge on any atom is 0.134 e. The second-order valence-electron chi connectivity index (χ2n) is 4.61. The van der Waals surface area contributed by atoms with E-state index in [9.17, 15) is 4.79 Å². The van der Waals surface area contributed by atoms with Gasteiger partial charge in [-0.25, -0.2) is 0 Å². The van der Waals surface area contributed by atoms with Crippen molar-refractivity contribution in [1.29, 1.82) is 0 Å². The quantitative estimate of drug-likeness (QED) is 0.725. The first-order valence-corrected chi connectivity index (χ1v) is 7.52. The van der Waals surface area contributed by atoms with Gasteiger partial charge in [0.15, 0.2) is 0 Å². The molecule has 1 saturated heterocycles. The molecule has 1 aliphatic heterocycles. The summed E-state index contributed by atoms with van der Waals surface area (Å²) in [5, 5.41) is 0. The Bertz CT molecular complexity index is 191. The van der Waals surface area contributed by atoms with Gasteiger partial charge in [0, 0.05) is 18.6 Å². The number of rotatable bonds is 4. The van der Waals surface area contributed by atoms with Crippen molar-refractivity contribution in [3.63, 3.8) is 0 Å². The highest BCUT2D eigenvalue weighted by molar-refractivity contribution is 7.99. The van der Waals surface area contributed by atoms with Crippen LogP contribution in [-0.4, -0.2) is 17.3 Å². The minimum atomic E-state index is 0.502. The van der Waals surface area contributed by atoms with Gasteiger partial charge >= 0.3 is 0 Å². The molecule has 0 radical (unpaired) electrons. The summed E-state index contributed by atoms with van der Waals surface area (Å²) in [6.45, 7) is 4.53. The van der Waals surface area contributed by atoms with Crippen LogP contribution in [0.5, 0.6) is 0 Å². The van der Waals surface area contributed by atoms with Crippen LogP contribution in [-0.2, 0) is 4.79 Å². The molecule has 88 valence electrons. The lowest BCUT2D eigenvalue weighted by Gasteiger charge is -2.27. The van der Waals surface area contributed by atoms with Gasteiger partial charge in [0.05, 0.1) is 0 Å². The van der Waals surface area contributed by atoms with Crippen LogP contribution in [0.15, 0.2) is 0 Å². The highest BCUT2D eigenvalue weighted by Gasteiger charge is 2.23. The summed E-state index contributed by atoms with van der Waals surface area (Å²) in [4.78, 5) is 11.7. The van der Waals surface area contributed by atoms with E-state index in [0.717, 1.165) is 24.5 Å². The van der Waals surface area contributed by atoms with Crippen molar-refractivity contribution in [2.24, 2.45) is 11.8 Å². The van der Waals surface area contributed by atoms with Crippen molar-refractivity contribution in [1.82, 2.24) is 0 Å². The summed E-state index contributed by atoms with van der Waals surface area (Å²) < 4.78 is 0. The SMILES string of the molecule is CCCC(CC)C1CCSCCC(=O)C1. The molecule has 1 nitrogen and oxygen atoms in total. The zero-order valence-corrected chi connectivity index (χ0v) is 10.9. The van der Waals surface area contributed by atoms with Gasteiger partial charge in [-0.15, -0.1) is 0 Å². The molecule has 1 fully saturated rings. The molecule has 2 atom stereocenters. The maximum absolute atomic E-state index is 11.7. The van der Waals surface area contributed by atoms with Crippen molar-refractivity contribution in [2.45, 2.75) is 52.4 Å². The minimum Gasteiger partial charge on any atom is -0.300 e. The lowest BCUT2D eigenvalue weighted by atomic mass is 9.81. The van der Waals surface area contributed by atoms with E-state index >= 15 is 0 Å². The number of hydrogen-bond acceptors (Lipinski definition) is 2. The van der Waals surface area contributed by atoms with Gasteiger partial charge < -0.3 is 0 Å². The Balaban J connectivity index is 2.50. The normalized spacial score (nSPS) is 25.7. The fraction of sp³-hybridized carbons (Fsp3) is 0.923. The van der Waals surface area contributed by atoms with Crippen molar-refractivity contribution in [2.75, 3.05) is 11.5 Å². The summed E-state index contributed by atoms with van der Waals surface area (Å²) >= 11 is 1.96. The van der Waals surface area contributed by atoms with E-state index in [-0.39, 0.29) is 0 Å². The van der Waals surface area contributed by atoms with E-state index in [4.69, 9.17) is 0 Å². The molecule has 0 aliphatic carbocycles. The Hall–Kier alpha value is 0.0200. The second kappa shape index (κ2) is 7.32. The first-order valence-electron chi connectivity index (χ1n) is 6.37. The molecule has 0 aromatic rings. The molecule has 0 saturated carbocycles. The van der Waals surface area contributed by atoms with Gasteiger partial charge in [-0.1, -0.05) is 33.1 Å². The Kier molecular flexibility index (Phi) is 6.39. The molecule has 1 aliphatic rings. The molecule has 1 rings (SSSR count). The minimum absolute atomic E-state index is 0.502. The number of carbonyl (C=O) groups excluding carboxylic acids is 1. The average molecular weight is 228 g/mol. The molecule has 0 aromatic heterocycles. The van der Waals surface area contributed by atoms with E-state index in [0.29, 0.717) is 11.7 Å². The molecule has 0 bridgehead atoms. The first kappa shape index (κ1) is 13.1. The summed E-state index contributed by atoms with van der Waals surface area (Å²) in [6.07, 6.45) is 6.74. The Morgan fingerprint density at radius 2 is 2.20 bits per heavy atom. The molecule has 1 heterocycles. The predicted octanol–water partition coefficient (Wildman–Crippen LogP) is 3.92. The van der Waals surface area contributed by atoms with Crippen molar-refractivity contribution < 1.29 is 4.79 Å². The van der Waals surface area contributed by atoms with E-state index in [2.05, 4.69) is 13.8 Å². The average Bonchev–Trinajstić information content (AvgIpc) is 2.20. The third kappa shape index (κ3) is 4.58. The summed E-state index contributed by atoms with van der Waals surface area (Å²) in [5.74, 6) is 4.28. The third-order valence-electron chi connectivity index (χ3n) is 3.50. The van der Waals surface area contributed by atoms with E-state index < -0.39 is 0 Å². The molecule has 0 N–H and O–H groups in total. The monoisotopic (exact) mass is 228 g/mol. The van der Waals surface area contributed by atoms with Crippen molar-refractivity contribution in [3.8, 4) is 0 Å². The van der Waals surface area contributed by atoms with Crippen LogP contribution in [0, 0.1) is 11.8 Å². The number of Topliss-reactive ketones (excluding diaryl/α,β-unsaturated/α-hetero) is 1. The summed E-state index contributed by atoms with van der Waals surface area (Å²) in [5.41, 5.74) is 0. The molecule has 2 unspecified atom stereocenters. The van der Waals surface area contributed by atoms with Crippen molar-refractivity contribution in [3.05, 3.63) is 0 Å². The fourth-order valence-corrected chi connectivity index (χ4v) is 3.61. The van der Waals surface area contributed by atoms with Crippen LogP contribution in [0.25, 0.3) is 0 Å². The molecule has 0 spiro atoms. The number of thioether (sulfide) groups is 1. The van der Waals surface area contributed by atoms with E-state index in [1.54, 1.807) is 0 Å². The van der Waals surface area contributed by atoms with Gasteiger partial charge in [0.25, 0.3) is 0 Å². The molecule has 0 aromatic carbocycles. The first-order chi connectivity index (χ1) is 7.27. The lowest BCUT2D eigenvalue weighted by molar-refractivity contribution is -0.120. The van der Waals surface area contributed by atoms with Crippen LogP contribution in [0.4, 0.5) is 0 Å². The van der Waals surface area contributed by atoms with Gasteiger partial charge in [-0.2, -0.15) is 11.8 Å². The van der Waals surface area contributed by atoms with Crippen LogP contribution in [0.1, 0.15) is 52.4 Å².